The van der Waals surface area contributed by atoms with Gasteiger partial charge in [-0.05, 0) is 24.1 Å². The zero-order chi connectivity index (χ0) is 32.3. The van der Waals surface area contributed by atoms with Gasteiger partial charge in [0.15, 0.2) is 5.82 Å². The molecular formula is C30H42N5O9P. The number of nitrogens with two attached hydrogens (primary N) is 1. The summed E-state index contributed by atoms with van der Waals surface area (Å²) in [6.07, 6.45) is 2.27. The largest absolute Gasteiger partial charge is 0.472 e. The smallest absolute Gasteiger partial charge is 0.387 e. The molecule has 1 aliphatic heterocycles. The van der Waals surface area contributed by atoms with Crippen molar-refractivity contribution < 1.29 is 42.9 Å². The first-order valence-electron chi connectivity index (χ1n) is 15.1. The zero-order valence-corrected chi connectivity index (χ0v) is 26.2. The number of phosphoric ester groups is 1. The van der Waals surface area contributed by atoms with E-state index < -0.39 is 44.4 Å². The number of nitriles is 1. The van der Waals surface area contributed by atoms with Gasteiger partial charge < -0.3 is 35.1 Å². The lowest BCUT2D eigenvalue weighted by molar-refractivity contribution is -0.0684. The van der Waals surface area contributed by atoms with E-state index in [2.05, 4.69) is 17.0 Å². The van der Waals surface area contributed by atoms with Crippen molar-refractivity contribution in [3.8, 4) is 6.07 Å². The minimum absolute atomic E-state index is 0.0902. The molecule has 0 spiro atoms. The summed E-state index contributed by atoms with van der Waals surface area (Å²) in [4.78, 5) is 14.3. The van der Waals surface area contributed by atoms with Crippen molar-refractivity contribution in [1.82, 2.24) is 14.6 Å². The number of hydrogen-bond donors (Lipinski definition) is 4. The summed E-state index contributed by atoms with van der Waals surface area (Å²) in [5.41, 5.74) is 5.23. The van der Waals surface area contributed by atoms with Crippen molar-refractivity contribution in [2.75, 3.05) is 32.2 Å². The highest BCUT2D eigenvalue weighted by Crippen LogP contribution is 2.46. The Labute approximate surface area is 262 Å². The van der Waals surface area contributed by atoms with Crippen LogP contribution in [0.4, 0.5) is 5.82 Å². The first-order chi connectivity index (χ1) is 21.7. The number of nitrogens with zero attached hydrogens (tertiary/aromatic N) is 4. The van der Waals surface area contributed by atoms with Crippen molar-refractivity contribution in [2.45, 2.75) is 82.1 Å². The molecular weight excluding hydrogens is 605 g/mol. The molecule has 14 nitrogen and oxygen atoms in total. The van der Waals surface area contributed by atoms with Gasteiger partial charge in [0.25, 0.3) is 0 Å². The molecule has 0 amide bonds. The fraction of sp³-hybridized carbons (Fsp3) is 0.567. The molecule has 15 heteroatoms. The summed E-state index contributed by atoms with van der Waals surface area (Å²) >= 11 is 0. The van der Waals surface area contributed by atoms with Gasteiger partial charge in [0, 0.05) is 6.61 Å². The average Bonchev–Trinajstić information content (AvgIpc) is 3.59. The Morgan fingerprint density at radius 3 is 2.62 bits per heavy atom. The third-order valence-electron chi connectivity index (χ3n) is 7.58. The van der Waals surface area contributed by atoms with Crippen LogP contribution in [0.2, 0.25) is 0 Å². The number of rotatable bonds is 19. The van der Waals surface area contributed by atoms with E-state index >= 15 is 0 Å². The Morgan fingerprint density at radius 2 is 1.87 bits per heavy atom. The number of fused-ring (bicyclic) bond motifs is 1. The average molecular weight is 648 g/mol. The second kappa shape index (κ2) is 16.6. The molecule has 0 radical (unpaired) electrons. The van der Waals surface area contributed by atoms with Crippen LogP contribution in [0.5, 0.6) is 0 Å². The molecule has 0 saturated carbocycles. The van der Waals surface area contributed by atoms with Gasteiger partial charge in [-0.1, -0.05) is 69.4 Å². The third kappa shape index (κ3) is 9.07. The SMILES string of the molecule is CCCCCCCCO[C@H](COCc1ccccc1)COP(=O)(O)OC[C@H]1O[C@@](C#N)(c2ccc3c(N)ncnn23)[C@H](O)[C@@H]1O. The van der Waals surface area contributed by atoms with Crippen LogP contribution >= 0.6 is 7.82 Å². The number of nitrogen functional groups attached to an aromatic ring is 1. The number of ether oxygens (including phenoxy) is 3. The topological polar surface area (TPSA) is 204 Å². The van der Waals surface area contributed by atoms with Gasteiger partial charge in [-0.3, -0.25) is 9.05 Å². The molecule has 5 N–H and O–H groups in total. The molecule has 0 aliphatic carbocycles. The second-order valence-corrected chi connectivity index (χ2v) is 12.4. The highest BCUT2D eigenvalue weighted by molar-refractivity contribution is 7.47. The van der Waals surface area contributed by atoms with Crippen LogP contribution in [0.1, 0.15) is 56.7 Å². The normalized spacial score (nSPS) is 23.6. The fourth-order valence-corrected chi connectivity index (χ4v) is 5.86. The number of anilines is 1. The molecule has 3 aromatic rings. The van der Waals surface area contributed by atoms with E-state index in [1.54, 1.807) is 6.07 Å². The molecule has 1 fully saturated rings. The van der Waals surface area contributed by atoms with Crippen molar-refractivity contribution in [3.63, 3.8) is 0 Å². The van der Waals surface area contributed by atoms with E-state index in [9.17, 15) is 24.9 Å². The molecule has 3 heterocycles. The highest BCUT2D eigenvalue weighted by Gasteiger charge is 2.58. The number of aromatic nitrogens is 3. The van der Waals surface area contributed by atoms with E-state index in [4.69, 9.17) is 29.0 Å². The highest BCUT2D eigenvalue weighted by atomic mass is 31.2. The van der Waals surface area contributed by atoms with Crippen molar-refractivity contribution in [1.29, 1.82) is 5.26 Å². The van der Waals surface area contributed by atoms with Gasteiger partial charge in [-0.2, -0.15) is 10.4 Å². The Kier molecular flexibility index (Phi) is 12.8. The van der Waals surface area contributed by atoms with Gasteiger partial charge >= 0.3 is 7.82 Å². The molecule has 1 unspecified atom stereocenters. The Bertz CT molecular complexity index is 1440. The molecule has 1 saturated heterocycles. The summed E-state index contributed by atoms with van der Waals surface area (Å²) in [6.45, 7) is 2.09. The fourth-order valence-electron chi connectivity index (χ4n) is 5.09. The second-order valence-electron chi connectivity index (χ2n) is 10.9. The number of aliphatic hydroxyl groups excluding tert-OH is 2. The standard InChI is InChI=1S/C30H42N5O9P/c1-2-3-4-5-6-10-15-41-23(17-40-16-22-11-8-7-9-12-22)18-42-45(38,39)43-19-25-27(36)28(37)30(20-31,44-25)26-14-13-24-29(32)33-21-34-35(24)26/h7-9,11-14,21,23,25,27-28,36-37H,2-6,10,15-19H2,1H3,(H,38,39)(H2,32,33,34)/t23-,25-,27-,28-,30+/m1/s1. The predicted octanol–water partition coefficient (Wildman–Crippen LogP) is 3.25. The maximum Gasteiger partial charge on any atom is 0.472 e. The minimum Gasteiger partial charge on any atom is -0.387 e. The van der Waals surface area contributed by atoms with Crippen LogP contribution in [0.3, 0.4) is 0 Å². The van der Waals surface area contributed by atoms with Crippen molar-refractivity contribution in [3.05, 3.63) is 60.0 Å². The Hall–Kier alpha value is -2.96. The van der Waals surface area contributed by atoms with E-state index in [-0.39, 0.29) is 24.7 Å². The lowest BCUT2D eigenvalue weighted by atomic mass is 9.92. The van der Waals surface area contributed by atoms with Crippen LogP contribution in [0, 0.1) is 11.3 Å². The van der Waals surface area contributed by atoms with Crippen LogP contribution in [0.15, 0.2) is 48.8 Å². The summed E-state index contributed by atoms with van der Waals surface area (Å²) < 4.78 is 42.0. The monoisotopic (exact) mass is 647 g/mol. The molecule has 45 heavy (non-hydrogen) atoms. The van der Waals surface area contributed by atoms with Gasteiger partial charge in [0.1, 0.15) is 42.3 Å². The first-order valence-corrected chi connectivity index (χ1v) is 16.6. The number of unbranched alkanes of at least 4 members (excludes halogenated alkanes) is 5. The minimum atomic E-state index is -4.68. The molecule has 6 atom stereocenters. The molecule has 4 rings (SSSR count). The van der Waals surface area contributed by atoms with Crippen LogP contribution < -0.4 is 5.73 Å². The quantitative estimate of drug-likeness (QED) is 0.109. The molecule has 1 aliphatic rings. The molecule has 2 aromatic heterocycles. The number of aliphatic hydroxyl groups is 2. The molecule has 0 bridgehead atoms. The van der Waals surface area contributed by atoms with Crippen LogP contribution in [-0.4, -0.2) is 80.5 Å². The number of phosphoric acid groups is 1. The summed E-state index contributed by atoms with van der Waals surface area (Å²) in [6, 6.07) is 14.5. The van der Waals surface area contributed by atoms with Crippen molar-refractivity contribution in [2.24, 2.45) is 0 Å². The number of benzene rings is 1. The van der Waals surface area contributed by atoms with E-state index in [0.717, 1.165) is 24.8 Å². The Morgan fingerprint density at radius 1 is 1.11 bits per heavy atom. The van der Waals surface area contributed by atoms with E-state index in [0.29, 0.717) is 18.7 Å². The predicted molar refractivity (Wildman–Crippen MR) is 163 cm³/mol. The van der Waals surface area contributed by atoms with Gasteiger partial charge in [0.05, 0.1) is 32.1 Å². The number of hydrogen-bond acceptors (Lipinski definition) is 12. The summed E-state index contributed by atoms with van der Waals surface area (Å²) in [7, 11) is -4.68. The van der Waals surface area contributed by atoms with Crippen molar-refractivity contribution >= 4 is 19.2 Å². The zero-order valence-electron chi connectivity index (χ0n) is 25.3. The van der Waals surface area contributed by atoms with Crippen LogP contribution in [-0.2, 0) is 40.0 Å². The first kappa shape index (κ1) is 34.9. The summed E-state index contributed by atoms with van der Waals surface area (Å²) in [5.74, 6) is 0.135. The molecule has 1 aromatic carbocycles. The lowest BCUT2D eigenvalue weighted by Gasteiger charge is -2.24. The van der Waals surface area contributed by atoms with Gasteiger partial charge in [0.2, 0.25) is 5.60 Å². The van der Waals surface area contributed by atoms with E-state index in [1.165, 1.54) is 36.2 Å². The van der Waals surface area contributed by atoms with Gasteiger partial charge in [-0.15, -0.1) is 0 Å². The Balaban J connectivity index is 1.32. The maximum absolute atomic E-state index is 12.8. The maximum atomic E-state index is 12.8. The lowest BCUT2D eigenvalue weighted by Crippen LogP contribution is -2.41. The summed E-state index contributed by atoms with van der Waals surface area (Å²) in [5, 5.41) is 35.7. The van der Waals surface area contributed by atoms with Gasteiger partial charge in [-0.25, -0.2) is 14.1 Å². The third-order valence-corrected chi connectivity index (χ3v) is 8.53. The van der Waals surface area contributed by atoms with E-state index in [1.807, 2.05) is 36.4 Å². The van der Waals surface area contributed by atoms with Crippen LogP contribution in [0.25, 0.3) is 5.52 Å². The molecule has 246 valence electrons.